The van der Waals surface area contributed by atoms with Gasteiger partial charge in [0.15, 0.2) is 0 Å². The summed E-state index contributed by atoms with van der Waals surface area (Å²) in [5.41, 5.74) is 2.30. The van der Waals surface area contributed by atoms with Crippen LogP contribution in [0, 0.1) is 0 Å². The Labute approximate surface area is 74.0 Å². The van der Waals surface area contributed by atoms with Gasteiger partial charge in [0.05, 0.1) is 0 Å². The number of anilines is 1. The molecule has 1 rings (SSSR count). The van der Waals surface area contributed by atoms with Crippen molar-refractivity contribution >= 4 is 5.69 Å². The third-order valence-electron chi connectivity index (χ3n) is 1.63. The van der Waals surface area contributed by atoms with Crippen LogP contribution < -0.4 is 5.32 Å². The Kier molecular flexibility index (Phi) is 3.09. The van der Waals surface area contributed by atoms with Gasteiger partial charge >= 0.3 is 0 Å². The highest BCUT2D eigenvalue weighted by Gasteiger charge is 1.96. The highest BCUT2D eigenvalue weighted by Crippen LogP contribution is 2.09. The lowest BCUT2D eigenvalue weighted by atomic mass is 10.2. The van der Waals surface area contributed by atoms with E-state index < -0.39 is 0 Å². The molecule has 0 saturated carbocycles. The van der Waals surface area contributed by atoms with Crippen molar-refractivity contribution in [2.24, 2.45) is 0 Å². The van der Waals surface area contributed by atoms with Crippen molar-refractivity contribution in [2.75, 3.05) is 5.32 Å². The minimum Gasteiger partial charge on any atom is -0.383 e. The van der Waals surface area contributed by atoms with E-state index in [9.17, 15) is 0 Å². The maximum Gasteiger partial charge on any atom is 0.0421 e. The molecule has 1 aromatic rings. The Morgan fingerprint density at radius 3 is 2.83 bits per heavy atom. The van der Waals surface area contributed by atoms with Crippen LogP contribution in [0.3, 0.4) is 0 Å². The first-order valence-electron chi connectivity index (χ1n) is 4.44. The second-order valence-corrected chi connectivity index (χ2v) is 3.19. The van der Waals surface area contributed by atoms with Crippen LogP contribution in [0.4, 0.5) is 5.69 Å². The van der Waals surface area contributed by atoms with Crippen LogP contribution in [0.25, 0.3) is 0 Å². The first-order valence-corrected chi connectivity index (χ1v) is 4.44. The summed E-state index contributed by atoms with van der Waals surface area (Å²) in [4.78, 5) is 4.23. The molecule has 0 aromatic carbocycles. The van der Waals surface area contributed by atoms with Crippen molar-refractivity contribution in [3.05, 3.63) is 24.0 Å². The molecule has 1 aromatic heterocycles. The standard InChI is InChI=1S/C10H16N2/c1-4-9-7-10(5-6-11-9)12-8(2)3/h5-8H,4H2,1-3H3,(H,11,12). The highest BCUT2D eigenvalue weighted by molar-refractivity contribution is 5.43. The summed E-state index contributed by atoms with van der Waals surface area (Å²) in [7, 11) is 0. The average molecular weight is 164 g/mol. The van der Waals surface area contributed by atoms with Gasteiger partial charge in [-0.1, -0.05) is 6.92 Å². The lowest BCUT2D eigenvalue weighted by Crippen LogP contribution is -2.09. The molecular formula is C10H16N2. The Hall–Kier alpha value is -1.05. The monoisotopic (exact) mass is 164 g/mol. The summed E-state index contributed by atoms with van der Waals surface area (Å²) in [5.74, 6) is 0. The summed E-state index contributed by atoms with van der Waals surface area (Å²) in [6.45, 7) is 6.37. The SMILES string of the molecule is CCc1cc(NC(C)C)ccn1. The van der Waals surface area contributed by atoms with Crippen LogP contribution in [0.1, 0.15) is 26.5 Å². The second kappa shape index (κ2) is 4.10. The van der Waals surface area contributed by atoms with E-state index in [1.807, 2.05) is 12.3 Å². The quantitative estimate of drug-likeness (QED) is 0.742. The molecule has 0 bridgehead atoms. The number of nitrogens with one attached hydrogen (secondary N) is 1. The molecule has 0 amide bonds. The van der Waals surface area contributed by atoms with E-state index >= 15 is 0 Å². The van der Waals surface area contributed by atoms with Gasteiger partial charge in [0.2, 0.25) is 0 Å². The maximum absolute atomic E-state index is 4.23. The molecule has 1 N–H and O–H groups in total. The first-order chi connectivity index (χ1) is 5.72. The number of hydrogen-bond acceptors (Lipinski definition) is 2. The summed E-state index contributed by atoms with van der Waals surface area (Å²) in [6, 6.07) is 4.58. The number of pyridine rings is 1. The highest BCUT2D eigenvalue weighted by atomic mass is 14.9. The topological polar surface area (TPSA) is 24.9 Å². The van der Waals surface area contributed by atoms with Crippen molar-refractivity contribution < 1.29 is 0 Å². The van der Waals surface area contributed by atoms with Crippen LogP contribution in [0.5, 0.6) is 0 Å². The number of aryl methyl sites for hydroxylation is 1. The molecule has 0 unspecified atom stereocenters. The Balaban J connectivity index is 2.72. The van der Waals surface area contributed by atoms with Crippen molar-refractivity contribution in [2.45, 2.75) is 33.2 Å². The predicted molar refractivity (Wildman–Crippen MR) is 52.4 cm³/mol. The smallest absolute Gasteiger partial charge is 0.0421 e. The number of hydrogen-bond donors (Lipinski definition) is 1. The zero-order valence-corrected chi connectivity index (χ0v) is 7.96. The molecule has 0 saturated heterocycles. The first kappa shape index (κ1) is 9.04. The van der Waals surface area contributed by atoms with Crippen LogP contribution >= 0.6 is 0 Å². The van der Waals surface area contributed by atoms with Crippen molar-refractivity contribution in [1.29, 1.82) is 0 Å². The van der Waals surface area contributed by atoms with Crippen molar-refractivity contribution in [3.63, 3.8) is 0 Å². The Morgan fingerprint density at radius 2 is 2.25 bits per heavy atom. The van der Waals surface area contributed by atoms with Crippen molar-refractivity contribution in [3.8, 4) is 0 Å². The molecule has 0 aliphatic carbocycles. The number of nitrogens with zero attached hydrogens (tertiary/aromatic N) is 1. The Bertz CT molecular complexity index is 243. The molecule has 12 heavy (non-hydrogen) atoms. The Morgan fingerprint density at radius 1 is 1.50 bits per heavy atom. The van der Waals surface area contributed by atoms with E-state index in [0.717, 1.165) is 17.8 Å². The van der Waals surface area contributed by atoms with E-state index in [4.69, 9.17) is 0 Å². The zero-order valence-electron chi connectivity index (χ0n) is 7.96. The van der Waals surface area contributed by atoms with Gasteiger partial charge in [-0.2, -0.15) is 0 Å². The van der Waals surface area contributed by atoms with Gasteiger partial charge in [-0.25, -0.2) is 0 Å². The van der Waals surface area contributed by atoms with E-state index in [0.29, 0.717) is 6.04 Å². The molecule has 0 spiro atoms. The van der Waals surface area contributed by atoms with Crippen LogP contribution in [0.15, 0.2) is 18.3 Å². The van der Waals surface area contributed by atoms with Gasteiger partial charge in [0, 0.05) is 23.6 Å². The molecular weight excluding hydrogens is 148 g/mol. The molecule has 2 nitrogen and oxygen atoms in total. The van der Waals surface area contributed by atoms with E-state index in [2.05, 4.69) is 37.1 Å². The largest absolute Gasteiger partial charge is 0.383 e. The summed E-state index contributed by atoms with van der Waals surface area (Å²) in [6.07, 6.45) is 2.84. The summed E-state index contributed by atoms with van der Waals surface area (Å²) in [5, 5.41) is 3.34. The molecule has 0 fully saturated rings. The fraction of sp³-hybridized carbons (Fsp3) is 0.500. The molecule has 0 atom stereocenters. The lowest BCUT2D eigenvalue weighted by Gasteiger charge is -2.09. The third-order valence-corrected chi connectivity index (χ3v) is 1.63. The number of aromatic nitrogens is 1. The molecule has 2 heteroatoms. The fourth-order valence-corrected chi connectivity index (χ4v) is 1.09. The molecule has 0 radical (unpaired) electrons. The predicted octanol–water partition coefficient (Wildman–Crippen LogP) is 2.46. The summed E-state index contributed by atoms with van der Waals surface area (Å²) >= 11 is 0. The normalized spacial score (nSPS) is 10.3. The minimum atomic E-state index is 0.483. The molecule has 0 aliphatic rings. The van der Waals surface area contributed by atoms with E-state index in [-0.39, 0.29) is 0 Å². The number of rotatable bonds is 3. The van der Waals surface area contributed by atoms with Gasteiger partial charge < -0.3 is 5.32 Å². The van der Waals surface area contributed by atoms with Gasteiger partial charge in [-0.05, 0) is 32.4 Å². The van der Waals surface area contributed by atoms with Gasteiger partial charge in [-0.15, -0.1) is 0 Å². The van der Waals surface area contributed by atoms with Gasteiger partial charge in [-0.3, -0.25) is 4.98 Å². The van der Waals surface area contributed by atoms with E-state index in [1.165, 1.54) is 0 Å². The van der Waals surface area contributed by atoms with Crippen LogP contribution in [0.2, 0.25) is 0 Å². The summed E-state index contributed by atoms with van der Waals surface area (Å²) < 4.78 is 0. The molecule has 1 heterocycles. The van der Waals surface area contributed by atoms with E-state index in [1.54, 1.807) is 0 Å². The van der Waals surface area contributed by atoms with Gasteiger partial charge in [0.25, 0.3) is 0 Å². The third kappa shape index (κ3) is 2.53. The van der Waals surface area contributed by atoms with Crippen LogP contribution in [-0.2, 0) is 6.42 Å². The zero-order chi connectivity index (χ0) is 8.97. The van der Waals surface area contributed by atoms with Crippen molar-refractivity contribution in [1.82, 2.24) is 4.98 Å². The van der Waals surface area contributed by atoms with Gasteiger partial charge in [0.1, 0.15) is 0 Å². The second-order valence-electron chi connectivity index (χ2n) is 3.19. The lowest BCUT2D eigenvalue weighted by molar-refractivity contribution is 0.896. The minimum absolute atomic E-state index is 0.483. The maximum atomic E-state index is 4.23. The fourth-order valence-electron chi connectivity index (χ4n) is 1.09. The molecule has 0 aliphatic heterocycles. The molecule has 66 valence electrons. The van der Waals surface area contributed by atoms with Crippen LogP contribution in [-0.4, -0.2) is 11.0 Å². The average Bonchev–Trinajstić information content (AvgIpc) is 2.03.